The third kappa shape index (κ3) is 3.77. The smallest absolute Gasteiger partial charge is 0.0491 e. The van der Waals surface area contributed by atoms with Gasteiger partial charge in [0.15, 0.2) is 0 Å². The fourth-order valence-corrected chi connectivity index (χ4v) is 5.69. The lowest BCUT2D eigenvalue weighted by Gasteiger charge is -2.42. The summed E-state index contributed by atoms with van der Waals surface area (Å²) in [6.45, 7) is 15.3. The molecule has 4 heteroatoms. The second-order valence-electron chi connectivity index (χ2n) is 9.09. The molecule has 2 fully saturated rings. The largest absolute Gasteiger partial charge is 0.341 e. The third-order valence-electron chi connectivity index (χ3n) is 7.49. The van der Waals surface area contributed by atoms with Crippen molar-refractivity contribution in [1.82, 2.24) is 19.3 Å². The normalized spacial score (nSPS) is 20.5. The second-order valence-corrected chi connectivity index (χ2v) is 9.09. The number of likely N-dealkylation sites (tertiary alicyclic amines) is 1. The maximum absolute atomic E-state index is 2.76. The van der Waals surface area contributed by atoms with Crippen LogP contribution < -0.4 is 0 Å². The summed E-state index contributed by atoms with van der Waals surface area (Å²) in [6.07, 6.45) is 2.65. The summed E-state index contributed by atoms with van der Waals surface area (Å²) in [4.78, 5) is 8.01. The van der Waals surface area contributed by atoms with Crippen LogP contribution in [-0.4, -0.2) is 71.1 Å². The number of hydrogen-bond donors (Lipinski definition) is 0. The first-order chi connectivity index (χ1) is 14.8. The van der Waals surface area contributed by atoms with Gasteiger partial charge in [-0.3, -0.25) is 9.80 Å². The molecule has 0 aliphatic carbocycles. The van der Waals surface area contributed by atoms with E-state index in [2.05, 4.69) is 75.6 Å². The molecule has 2 aliphatic rings. The minimum absolute atomic E-state index is 0.797. The Bertz CT molecular complexity index is 991. The molecule has 3 aromatic rings. The maximum atomic E-state index is 2.76. The van der Waals surface area contributed by atoms with Crippen LogP contribution in [0.15, 0.2) is 42.5 Å². The molecule has 0 atom stereocenters. The number of rotatable bonds is 5. The number of piperazine rings is 1. The Morgan fingerprint density at radius 3 is 2.20 bits per heavy atom. The number of nitrogens with zero attached hydrogens (tertiary/aromatic N) is 4. The van der Waals surface area contributed by atoms with E-state index < -0.39 is 0 Å². The van der Waals surface area contributed by atoms with Gasteiger partial charge in [0.05, 0.1) is 0 Å². The molecular formula is C26H36N4. The van der Waals surface area contributed by atoms with E-state index in [0.29, 0.717) is 0 Å². The van der Waals surface area contributed by atoms with E-state index in [1.165, 1.54) is 86.0 Å². The van der Waals surface area contributed by atoms with E-state index in [1.807, 2.05) is 0 Å². The Kier molecular flexibility index (Phi) is 5.81. The molecule has 160 valence electrons. The Labute approximate surface area is 181 Å². The van der Waals surface area contributed by atoms with E-state index >= 15 is 0 Å². The van der Waals surface area contributed by atoms with Crippen molar-refractivity contribution >= 4 is 21.8 Å². The highest BCUT2D eigenvalue weighted by molar-refractivity contribution is 6.08. The standard InChI is InChI=1S/C26H36N4/c1-3-27-15-17-29(18-16-27)22-11-13-28(14-12-22)20-21-9-10-26-24(19-21)23-7-5-6-8-25(23)30(26)4-2/h5-10,19,22H,3-4,11-18,20H2,1-2H3. The van der Waals surface area contributed by atoms with Gasteiger partial charge >= 0.3 is 0 Å². The Hall–Kier alpha value is -1.88. The van der Waals surface area contributed by atoms with E-state index in [4.69, 9.17) is 0 Å². The summed E-state index contributed by atoms with van der Waals surface area (Å²) < 4.78 is 2.44. The highest BCUT2D eigenvalue weighted by Crippen LogP contribution is 2.30. The molecule has 1 aromatic heterocycles. The first-order valence-corrected chi connectivity index (χ1v) is 12.0. The lowest BCUT2D eigenvalue weighted by molar-refractivity contribution is 0.0594. The van der Waals surface area contributed by atoms with Gasteiger partial charge in [-0.15, -0.1) is 0 Å². The number of aromatic nitrogens is 1. The topological polar surface area (TPSA) is 14.7 Å². The molecule has 2 aromatic carbocycles. The first-order valence-electron chi connectivity index (χ1n) is 12.0. The van der Waals surface area contributed by atoms with Crippen molar-refractivity contribution in [3.05, 3.63) is 48.0 Å². The van der Waals surface area contributed by atoms with E-state index in [9.17, 15) is 0 Å². The third-order valence-corrected chi connectivity index (χ3v) is 7.49. The fraction of sp³-hybridized carbons (Fsp3) is 0.538. The van der Waals surface area contributed by atoms with Crippen molar-refractivity contribution in [3.8, 4) is 0 Å². The molecule has 0 bridgehead atoms. The zero-order valence-corrected chi connectivity index (χ0v) is 18.7. The summed E-state index contributed by atoms with van der Waals surface area (Å²) >= 11 is 0. The van der Waals surface area contributed by atoms with Crippen LogP contribution in [0.1, 0.15) is 32.3 Å². The Morgan fingerprint density at radius 1 is 0.733 bits per heavy atom. The molecule has 0 spiro atoms. The Morgan fingerprint density at radius 2 is 1.47 bits per heavy atom. The highest BCUT2D eigenvalue weighted by Gasteiger charge is 2.27. The van der Waals surface area contributed by atoms with Crippen LogP contribution in [0.4, 0.5) is 0 Å². The molecule has 0 amide bonds. The highest BCUT2D eigenvalue weighted by atomic mass is 15.3. The second kappa shape index (κ2) is 8.70. The molecule has 5 rings (SSSR count). The molecule has 4 nitrogen and oxygen atoms in total. The lowest BCUT2D eigenvalue weighted by Crippen LogP contribution is -2.52. The van der Waals surface area contributed by atoms with Crippen molar-refractivity contribution in [2.45, 2.75) is 45.8 Å². The van der Waals surface area contributed by atoms with Crippen LogP contribution in [0.5, 0.6) is 0 Å². The molecular weight excluding hydrogens is 368 g/mol. The molecule has 2 saturated heterocycles. The molecule has 0 radical (unpaired) electrons. The van der Waals surface area contributed by atoms with Crippen molar-refractivity contribution in [3.63, 3.8) is 0 Å². The van der Waals surface area contributed by atoms with Gasteiger partial charge in [-0.2, -0.15) is 0 Å². The van der Waals surface area contributed by atoms with Crippen molar-refractivity contribution in [2.75, 3.05) is 45.8 Å². The molecule has 0 saturated carbocycles. The van der Waals surface area contributed by atoms with E-state index in [-0.39, 0.29) is 0 Å². The van der Waals surface area contributed by atoms with Gasteiger partial charge in [0, 0.05) is 67.1 Å². The lowest BCUT2D eigenvalue weighted by atomic mass is 10.0. The number of benzene rings is 2. The van der Waals surface area contributed by atoms with Crippen LogP contribution in [0, 0.1) is 0 Å². The molecule has 3 heterocycles. The minimum atomic E-state index is 0.797. The summed E-state index contributed by atoms with van der Waals surface area (Å²) in [5, 5.41) is 2.80. The zero-order valence-electron chi connectivity index (χ0n) is 18.7. The Balaban J connectivity index is 1.25. The zero-order chi connectivity index (χ0) is 20.5. The van der Waals surface area contributed by atoms with Crippen LogP contribution in [0.3, 0.4) is 0 Å². The molecule has 0 N–H and O–H groups in total. The van der Waals surface area contributed by atoms with Gasteiger partial charge in [-0.1, -0.05) is 31.2 Å². The van der Waals surface area contributed by atoms with Crippen molar-refractivity contribution < 1.29 is 0 Å². The summed E-state index contributed by atoms with van der Waals surface area (Å²) in [6, 6.07) is 16.8. The van der Waals surface area contributed by atoms with Gasteiger partial charge in [-0.05, 0) is 63.2 Å². The summed E-state index contributed by atoms with van der Waals surface area (Å²) in [5.41, 5.74) is 4.18. The number of piperidine rings is 1. The van der Waals surface area contributed by atoms with Gasteiger partial charge in [-0.25, -0.2) is 0 Å². The van der Waals surface area contributed by atoms with Gasteiger partial charge < -0.3 is 9.47 Å². The summed E-state index contributed by atoms with van der Waals surface area (Å²) in [5.74, 6) is 0. The van der Waals surface area contributed by atoms with Gasteiger partial charge in [0.2, 0.25) is 0 Å². The van der Waals surface area contributed by atoms with Gasteiger partial charge in [0.25, 0.3) is 0 Å². The monoisotopic (exact) mass is 404 g/mol. The molecule has 0 unspecified atom stereocenters. The van der Waals surface area contributed by atoms with Crippen LogP contribution in [0.25, 0.3) is 21.8 Å². The fourth-order valence-electron chi connectivity index (χ4n) is 5.69. The SMILES string of the molecule is CCN1CCN(C2CCN(Cc3ccc4c(c3)c3ccccc3n4CC)CC2)CC1. The van der Waals surface area contributed by atoms with E-state index in [0.717, 1.165) is 19.1 Å². The predicted molar refractivity (Wildman–Crippen MR) is 127 cm³/mol. The number of aryl methyl sites for hydroxylation is 1. The summed E-state index contributed by atoms with van der Waals surface area (Å²) in [7, 11) is 0. The molecule has 30 heavy (non-hydrogen) atoms. The van der Waals surface area contributed by atoms with Crippen molar-refractivity contribution in [2.24, 2.45) is 0 Å². The number of likely N-dealkylation sites (N-methyl/N-ethyl adjacent to an activating group) is 1. The maximum Gasteiger partial charge on any atom is 0.0491 e. The number of fused-ring (bicyclic) bond motifs is 3. The van der Waals surface area contributed by atoms with Crippen molar-refractivity contribution in [1.29, 1.82) is 0 Å². The average Bonchev–Trinajstić information content (AvgIpc) is 3.13. The number of para-hydroxylation sites is 1. The van der Waals surface area contributed by atoms with E-state index in [1.54, 1.807) is 0 Å². The van der Waals surface area contributed by atoms with Crippen LogP contribution in [-0.2, 0) is 13.1 Å². The minimum Gasteiger partial charge on any atom is -0.341 e. The first kappa shape index (κ1) is 20.0. The van der Waals surface area contributed by atoms with Crippen LogP contribution in [0.2, 0.25) is 0 Å². The average molecular weight is 405 g/mol. The predicted octanol–water partition coefficient (Wildman–Crippen LogP) is 4.42. The number of hydrogen-bond acceptors (Lipinski definition) is 3. The van der Waals surface area contributed by atoms with Gasteiger partial charge in [0.1, 0.15) is 0 Å². The molecule has 2 aliphatic heterocycles. The van der Waals surface area contributed by atoms with Crippen LogP contribution >= 0.6 is 0 Å². The quantitative estimate of drug-likeness (QED) is 0.626.